The Kier molecular flexibility index (Phi) is 2.77. The largest absolute Gasteiger partial charge is 0.338 e. The van der Waals surface area contributed by atoms with E-state index in [1.54, 1.807) is 0 Å². The number of hydrogen-bond donors (Lipinski definition) is 0. The number of hydrogen-bond acceptors (Lipinski definition) is 4. The van der Waals surface area contributed by atoms with Gasteiger partial charge in [0.25, 0.3) is 0 Å². The molecule has 0 spiro atoms. The second-order valence-corrected chi connectivity index (χ2v) is 6.40. The van der Waals surface area contributed by atoms with Crippen LogP contribution in [0.1, 0.15) is 30.7 Å². The highest BCUT2D eigenvalue weighted by atomic mass is 15.3. The van der Waals surface area contributed by atoms with Crippen LogP contribution in [0.4, 0.5) is 5.95 Å². The second-order valence-electron chi connectivity index (χ2n) is 6.40. The Balaban J connectivity index is 1.73. The molecule has 2 bridgehead atoms. The van der Waals surface area contributed by atoms with Crippen molar-refractivity contribution in [2.45, 2.75) is 39.2 Å². The number of aromatic nitrogens is 4. The summed E-state index contributed by atoms with van der Waals surface area (Å²) in [6, 6.07) is 2.65. The van der Waals surface area contributed by atoms with E-state index in [0.717, 1.165) is 41.1 Å². The molecular formula is C16H21N5. The zero-order valence-corrected chi connectivity index (χ0v) is 12.9. The Hall–Kier alpha value is -1.91. The molecule has 2 atom stereocenters. The van der Waals surface area contributed by atoms with E-state index in [2.05, 4.69) is 21.9 Å². The molecule has 2 fully saturated rings. The van der Waals surface area contributed by atoms with Gasteiger partial charge in [-0.3, -0.25) is 4.68 Å². The fourth-order valence-corrected chi connectivity index (χ4v) is 3.94. The molecule has 21 heavy (non-hydrogen) atoms. The van der Waals surface area contributed by atoms with Gasteiger partial charge in [-0.1, -0.05) is 0 Å². The summed E-state index contributed by atoms with van der Waals surface area (Å²) >= 11 is 0. The zero-order chi connectivity index (χ0) is 14.6. The van der Waals surface area contributed by atoms with Crippen LogP contribution in [0.5, 0.6) is 0 Å². The molecule has 110 valence electrons. The molecule has 1 saturated carbocycles. The molecule has 1 saturated heterocycles. The minimum absolute atomic E-state index is 0.654. The predicted molar refractivity (Wildman–Crippen MR) is 82.2 cm³/mol. The molecule has 1 aliphatic heterocycles. The fourth-order valence-electron chi connectivity index (χ4n) is 3.94. The summed E-state index contributed by atoms with van der Waals surface area (Å²) in [5.41, 5.74) is 4.32. The summed E-state index contributed by atoms with van der Waals surface area (Å²) in [5.74, 6) is 1.74. The van der Waals surface area contributed by atoms with Crippen molar-refractivity contribution < 1.29 is 0 Å². The van der Waals surface area contributed by atoms with Gasteiger partial charge >= 0.3 is 0 Å². The summed E-state index contributed by atoms with van der Waals surface area (Å²) in [7, 11) is 1.98. The summed E-state index contributed by atoms with van der Waals surface area (Å²) in [6.07, 6.45) is 5.87. The number of aryl methyl sites for hydroxylation is 2. The standard InChI is InChI=1S/C16H21N5/c1-10-15(11(2)20(3)19-10)14-6-7-17-16(18-14)21-9-12-4-5-13(21)8-12/h6-7,12-13H,4-5,8-9H2,1-3H3/t12-,13-/m0/s1. The van der Waals surface area contributed by atoms with Crippen LogP contribution >= 0.6 is 0 Å². The highest BCUT2D eigenvalue weighted by molar-refractivity contribution is 5.65. The minimum atomic E-state index is 0.654. The Morgan fingerprint density at radius 2 is 2.10 bits per heavy atom. The Labute approximate surface area is 125 Å². The molecule has 0 radical (unpaired) electrons. The molecule has 5 nitrogen and oxygen atoms in total. The molecule has 0 aromatic carbocycles. The molecule has 0 unspecified atom stereocenters. The highest BCUT2D eigenvalue weighted by Gasteiger charge is 2.39. The van der Waals surface area contributed by atoms with E-state index in [9.17, 15) is 0 Å². The molecule has 2 aromatic rings. The number of fused-ring (bicyclic) bond motifs is 2. The zero-order valence-electron chi connectivity index (χ0n) is 12.9. The van der Waals surface area contributed by atoms with Gasteiger partial charge in [-0.25, -0.2) is 9.97 Å². The van der Waals surface area contributed by atoms with E-state index < -0.39 is 0 Å². The maximum Gasteiger partial charge on any atom is 0.226 e. The first-order valence-corrected chi connectivity index (χ1v) is 7.73. The lowest BCUT2D eigenvalue weighted by Crippen LogP contribution is -2.33. The van der Waals surface area contributed by atoms with Crippen LogP contribution in [0.2, 0.25) is 0 Å². The van der Waals surface area contributed by atoms with E-state index in [1.807, 2.05) is 30.9 Å². The van der Waals surface area contributed by atoms with Crippen LogP contribution in [0, 0.1) is 19.8 Å². The quantitative estimate of drug-likeness (QED) is 0.849. The maximum absolute atomic E-state index is 4.84. The predicted octanol–water partition coefficient (Wildman–Crippen LogP) is 2.48. The van der Waals surface area contributed by atoms with Crippen molar-refractivity contribution in [2.75, 3.05) is 11.4 Å². The Bertz CT molecular complexity index is 690. The first-order valence-electron chi connectivity index (χ1n) is 7.73. The summed E-state index contributed by atoms with van der Waals surface area (Å²) in [4.78, 5) is 11.8. The first kappa shape index (κ1) is 12.8. The third kappa shape index (κ3) is 1.94. The summed E-state index contributed by atoms with van der Waals surface area (Å²) < 4.78 is 1.92. The smallest absolute Gasteiger partial charge is 0.226 e. The van der Waals surface area contributed by atoms with Crippen molar-refractivity contribution >= 4 is 5.95 Å². The Morgan fingerprint density at radius 3 is 2.71 bits per heavy atom. The van der Waals surface area contributed by atoms with Crippen molar-refractivity contribution in [3.05, 3.63) is 23.7 Å². The molecule has 4 rings (SSSR count). The maximum atomic E-state index is 4.84. The number of piperidine rings is 1. The van der Waals surface area contributed by atoms with Gasteiger partial charge in [-0.15, -0.1) is 0 Å². The van der Waals surface area contributed by atoms with Crippen LogP contribution in [-0.2, 0) is 7.05 Å². The van der Waals surface area contributed by atoms with Gasteiger partial charge in [0.1, 0.15) is 0 Å². The van der Waals surface area contributed by atoms with Crippen LogP contribution in [0.25, 0.3) is 11.3 Å². The van der Waals surface area contributed by atoms with Gasteiger partial charge in [-0.05, 0) is 45.1 Å². The fraction of sp³-hybridized carbons (Fsp3) is 0.562. The van der Waals surface area contributed by atoms with Gasteiger partial charge in [0.15, 0.2) is 0 Å². The topological polar surface area (TPSA) is 46.8 Å². The molecule has 2 aliphatic rings. The molecule has 5 heteroatoms. The van der Waals surface area contributed by atoms with Gasteiger partial charge in [0.2, 0.25) is 5.95 Å². The lowest BCUT2D eigenvalue weighted by atomic mass is 10.1. The summed E-state index contributed by atoms with van der Waals surface area (Å²) in [5, 5.41) is 4.50. The van der Waals surface area contributed by atoms with Crippen molar-refractivity contribution in [3.63, 3.8) is 0 Å². The lowest BCUT2D eigenvalue weighted by Gasteiger charge is -2.27. The van der Waals surface area contributed by atoms with E-state index >= 15 is 0 Å². The number of nitrogens with zero attached hydrogens (tertiary/aromatic N) is 5. The van der Waals surface area contributed by atoms with Crippen molar-refractivity contribution in [2.24, 2.45) is 13.0 Å². The third-order valence-corrected chi connectivity index (χ3v) is 5.07. The monoisotopic (exact) mass is 283 g/mol. The average molecular weight is 283 g/mol. The molecule has 2 aromatic heterocycles. The number of rotatable bonds is 2. The van der Waals surface area contributed by atoms with Crippen molar-refractivity contribution in [3.8, 4) is 11.3 Å². The van der Waals surface area contributed by atoms with Crippen molar-refractivity contribution in [1.29, 1.82) is 0 Å². The van der Waals surface area contributed by atoms with Gasteiger partial charge < -0.3 is 4.90 Å². The minimum Gasteiger partial charge on any atom is -0.338 e. The number of anilines is 1. The highest BCUT2D eigenvalue weighted by Crippen LogP contribution is 2.39. The second kappa shape index (κ2) is 4.55. The van der Waals surface area contributed by atoms with Gasteiger partial charge in [0, 0.05) is 37.1 Å². The van der Waals surface area contributed by atoms with E-state index in [0.29, 0.717) is 6.04 Å². The van der Waals surface area contributed by atoms with E-state index in [4.69, 9.17) is 4.98 Å². The van der Waals surface area contributed by atoms with Crippen LogP contribution in [0.3, 0.4) is 0 Å². The first-order chi connectivity index (χ1) is 10.1. The van der Waals surface area contributed by atoms with Crippen LogP contribution in [0.15, 0.2) is 12.3 Å². The lowest BCUT2D eigenvalue weighted by molar-refractivity contribution is 0.546. The molecule has 0 amide bonds. The summed E-state index contributed by atoms with van der Waals surface area (Å²) in [6.45, 7) is 5.26. The SMILES string of the molecule is Cc1nn(C)c(C)c1-c1ccnc(N2C[C@H]3CC[C@H]2C3)n1. The molecule has 3 heterocycles. The van der Waals surface area contributed by atoms with Gasteiger partial charge in [0.05, 0.1) is 11.4 Å². The van der Waals surface area contributed by atoms with E-state index in [-0.39, 0.29) is 0 Å². The van der Waals surface area contributed by atoms with Crippen LogP contribution in [-0.4, -0.2) is 32.3 Å². The van der Waals surface area contributed by atoms with E-state index in [1.165, 1.54) is 19.3 Å². The van der Waals surface area contributed by atoms with Crippen molar-refractivity contribution in [1.82, 2.24) is 19.7 Å². The molecule has 0 N–H and O–H groups in total. The molecular weight excluding hydrogens is 262 g/mol. The average Bonchev–Trinajstić information content (AvgIpc) is 3.15. The normalized spacial score (nSPS) is 24.0. The van der Waals surface area contributed by atoms with Gasteiger partial charge in [-0.2, -0.15) is 5.10 Å². The molecule has 1 aliphatic carbocycles. The van der Waals surface area contributed by atoms with Crippen LogP contribution < -0.4 is 4.90 Å². The third-order valence-electron chi connectivity index (χ3n) is 5.07. The Morgan fingerprint density at radius 1 is 1.24 bits per heavy atom.